The van der Waals surface area contributed by atoms with Crippen molar-refractivity contribution < 1.29 is 9.53 Å². The molecule has 0 unspecified atom stereocenters. The fourth-order valence-corrected chi connectivity index (χ4v) is 1.52. The van der Waals surface area contributed by atoms with Crippen LogP contribution in [0.4, 0.5) is 0 Å². The Labute approximate surface area is 77.9 Å². The minimum absolute atomic E-state index is 0.223. The molecule has 0 bridgehead atoms. The van der Waals surface area contributed by atoms with E-state index < -0.39 is 0 Å². The highest BCUT2D eigenvalue weighted by atomic mass is 79.9. The minimum atomic E-state index is -0.223. The van der Waals surface area contributed by atoms with E-state index in [2.05, 4.69) is 20.9 Å². The standard InChI is InChI=1S/C8H6BrNO2/c1-4-5-2-7(11)12-8(5)10-3-6(4)9/h3H,2H2,1H3. The van der Waals surface area contributed by atoms with Crippen molar-refractivity contribution in [3.8, 4) is 5.88 Å². The molecule has 0 radical (unpaired) electrons. The summed E-state index contributed by atoms with van der Waals surface area (Å²) in [6, 6.07) is 0. The van der Waals surface area contributed by atoms with Crippen LogP contribution < -0.4 is 4.74 Å². The van der Waals surface area contributed by atoms with E-state index in [0.29, 0.717) is 12.3 Å². The zero-order chi connectivity index (χ0) is 8.72. The number of halogens is 1. The molecule has 0 amide bonds. The van der Waals surface area contributed by atoms with Crippen molar-refractivity contribution in [2.24, 2.45) is 0 Å². The van der Waals surface area contributed by atoms with Gasteiger partial charge in [0.15, 0.2) is 0 Å². The molecule has 0 saturated heterocycles. The van der Waals surface area contributed by atoms with E-state index in [1.54, 1.807) is 6.20 Å². The quantitative estimate of drug-likeness (QED) is 0.633. The summed E-state index contributed by atoms with van der Waals surface area (Å²) in [7, 11) is 0. The molecular formula is C8H6BrNO2. The van der Waals surface area contributed by atoms with Gasteiger partial charge in [-0.25, -0.2) is 4.98 Å². The number of hydrogen-bond acceptors (Lipinski definition) is 3. The van der Waals surface area contributed by atoms with Crippen molar-refractivity contribution >= 4 is 21.9 Å². The first-order valence-corrected chi connectivity index (χ1v) is 4.32. The topological polar surface area (TPSA) is 39.2 Å². The van der Waals surface area contributed by atoms with Crippen LogP contribution in [0.25, 0.3) is 0 Å². The summed E-state index contributed by atoms with van der Waals surface area (Å²) in [6.45, 7) is 1.94. The average Bonchev–Trinajstić information content (AvgIpc) is 2.39. The van der Waals surface area contributed by atoms with E-state index in [1.165, 1.54) is 0 Å². The molecule has 0 saturated carbocycles. The maximum atomic E-state index is 10.9. The van der Waals surface area contributed by atoms with Gasteiger partial charge in [0.1, 0.15) is 0 Å². The number of pyridine rings is 1. The molecule has 1 aliphatic rings. The zero-order valence-electron chi connectivity index (χ0n) is 6.43. The van der Waals surface area contributed by atoms with Gasteiger partial charge in [-0.3, -0.25) is 4.79 Å². The molecule has 0 N–H and O–H groups in total. The Morgan fingerprint density at radius 3 is 3.17 bits per heavy atom. The maximum absolute atomic E-state index is 10.9. The molecule has 4 heteroatoms. The summed E-state index contributed by atoms with van der Waals surface area (Å²) in [5.74, 6) is 0.236. The summed E-state index contributed by atoms with van der Waals surface area (Å²) in [5.41, 5.74) is 1.93. The van der Waals surface area contributed by atoms with E-state index in [4.69, 9.17) is 4.74 Å². The third kappa shape index (κ3) is 1.03. The van der Waals surface area contributed by atoms with Crippen molar-refractivity contribution in [1.82, 2.24) is 4.98 Å². The summed E-state index contributed by atoms with van der Waals surface area (Å²) >= 11 is 3.34. The van der Waals surface area contributed by atoms with E-state index >= 15 is 0 Å². The monoisotopic (exact) mass is 227 g/mol. The lowest BCUT2D eigenvalue weighted by atomic mass is 10.1. The molecule has 62 valence electrons. The smallest absolute Gasteiger partial charge is 0.317 e. The second kappa shape index (κ2) is 2.55. The Morgan fingerprint density at radius 2 is 2.42 bits per heavy atom. The predicted molar refractivity (Wildman–Crippen MR) is 46.0 cm³/mol. The lowest BCUT2D eigenvalue weighted by Gasteiger charge is -2.00. The third-order valence-electron chi connectivity index (χ3n) is 1.90. The first-order valence-electron chi connectivity index (χ1n) is 3.53. The number of hydrogen-bond donors (Lipinski definition) is 0. The number of ether oxygens (including phenoxy) is 1. The number of fused-ring (bicyclic) bond motifs is 1. The Hall–Kier alpha value is -0.900. The van der Waals surface area contributed by atoms with Gasteiger partial charge in [-0.15, -0.1) is 0 Å². The van der Waals surface area contributed by atoms with Gasteiger partial charge in [-0.05, 0) is 28.4 Å². The second-order valence-corrected chi connectivity index (χ2v) is 3.52. The number of carbonyl (C=O) groups is 1. The minimum Gasteiger partial charge on any atom is -0.407 e. The highest BCUT2D eigenvalue weighted by Gasteiger charge is 2.24. The van der Waals surface area contributed by atoms with Crippen LogP contribution in [0.2, 0.25) is 0 Å². The van der Waals surface area contributed by atoms with Crippen LogP contribution in [0.5, 0.6) is 5.88 Å². The number of nitrogens with zero attached hydrogens (tertiary/aromatic N) is 1. The Bertz CT molecular complexity index is 362. The number of esters is 1. The summed E-state index contributed by atoms with van der Waals surface area (Å²) < 4.78 is 5.79. The first-order chi connectivity index (χ1) is 5.68. The van der Waals surface area contributed by atoms with Crippen LogP contribution in [0.1, 0.15) is 11.1 Å². The van der Waals surface area contributed by atoms with Gasteiger partial charge in [0, 0.05) is 16.2 Å². The predicted octanol–water partition coefficient (Wildman–Crippen LogP) is 1.61. The molecular weight excluding hydrogens is 222 g/mol. The summed E-state index contributed by atoms with van der Waals surface area (Å²) in [5, 5.41) is 0. The van der Waals surface area contributed by atoms with Gasteiger partial charge in [-0.1, -0.05) is 0 Å². The SMILES string of the molecule is Cc1c(Br)cnc2c1CC(=O)O2. The van der Waals surface area contributed by atoms with Crippen LogP contribution in [0.15, 0.2) is 10.7 Å². The number of rotatable bonds is 0. The third-order valence-corrected chi connectivity index (χ3v) is 2.70. The molecule has 1 aromatic rings. The van der Waals surface area contributed by atoms with Crippen LogP contribution in [0.3, 0.4) is 0 Å². The Balaban J connectivity index is 2.61. The van der Waals surface area contributed by atoms with E-state index in [0.717, 1.165) is 15.6 Å². The normalized spacial score (nSPS) is 14.3. The molecule has 1 aliphatic heterocycles. The number of carbonyl (C=O) groups excluding carboxylic acids is 1. The van der Waals surface area contributed by atoms with Gasteiger partial charge in [0.2, 0.25) is 5.88 Å². The average molecular weight is 228 g/mol. The van der Waals surface area contributed by atoms with E-state index in [1.807, 2.05) is 6.92 Å². The van der Waals surface area contributed by atoms with Gasteiger partial charge in [0.25, 0.3) is 0 Å². The molecule has 1 aromatic heterocycles. The lowest BCUT2D eigenvalue weighted by molar-refractivity contribution is -0.132. The molecule has 0 aliphatic carbocycles. The van der Waals surface area contributed by atoms with E-state index in [-0.39, 0.29) is 5.97 Å². The fourth-order valence-electron chi connectivity index (χ4n) is 1.18. The van der Waals surface area contributed by atoms with Gasteiger partial charge in [-0.2, -0.15) is 0 Å². The molecule has 0 fully saturated rings. The highest BCUT2D eigenvalue weighted by Crippen LogP contribution is 2.30. The van der Waals surface area contributed by atoms with Gasteiger partial charge < -0.3 is 4.74 Å². The Kier molecular flexibility index (Phi) is 1.65. The largest absolute Gasteiger partial charge is 0.407 e. The van der Waals surface area contributed by atoms with Crippen molar-refractivity contribution in [3.63, 3.8) is 0 Å². The molecule has 0 atom stereocenters. The van der Waals surface area contributed by atoms with Crippen LogP contribution in [0, 0.1) is 6.92 Å². The lowest BCUT2D eigenvalue weighted by Crippen LogP contribution is -2.00. The van der Waals surface area contributed by atoms with Crippen LogP contribution in [-0.4, -0.2) is 11.0 Å². The van der Waals surface area contributed by atoms with Crippen LogP contribution >= 0.6 is 15.9 Å². The molecule has 2 rings (SSSR count). The van der Waals surface area contributed by atoms with Crippen molar-refractivity contribution in [2.75, 3.05) is 0 Å². The molecule has 12 heavy (non-hydrogen) atoms. The Morgan fingerprint density at radius 1 is 1.67 bits per heavy atom. The number of aromatic nitrogens is 1. The zero-order valence-corrected chi connectivity index (χ0v) is 8.01. The molecule has 2 heterocycles. The summed E-state index contributed by atoms with van der Waals surface area (Å²) in [4.78, 5) is 14.9. The van der Waals surface area contributed by atoms with Crippen molar-refractivity contribution in [1.29, 1.82) is 0 Å². The van der Waals surface area contributed by atoms with Crippen molar-refractivity contribution in [3.05, 3.63) is 21.8 Å². The molecule has 0 aromatic carbocycles. The molecule has 0 spiro atoms. The second-order valence-electron chi connectivity index (χ2n) is 2.67. The fraction of sp³-hybridized carbons (Fsp3) is 0.250. The highest BCUT2D eigenvalue weighted by molar-refractivity contribution is 9.10. The summed E-state index contributed by atoms with van der Waals surface area (Å²) in [6.07, 6.45) is 1.99. The maximum Gasteiger partial charge on any atom is 0.317 e. The van der Waals surface area contributed by atoms with E-state index in [9.17, 15) is 4.79 Å². The molecule has 3 nitrogen and oxygen atoms in total. The first kappa shape index (κ1) is 7.73. The van der Waals surface area contributed by atoms with Crippen LogP contribution in [-0.2, 0) is 11.2 Å². The van der Waals surface area contributed by atoms with Gasteiger partial charge in [0.05, 0.1) is 6.42 Å². The van der Waals surface area contributed by atoms with Gasteiger partial charge >= 0.3 is 5.97 Å². The van der Waals surface area contributed by atoms with Crippen molar-refractivity contribution in [2.45, 2.75) is 13.3 Å².